The van der Waals surface area contributed by atoms with Crippen LogP contribution in [-0.4, -0.2) is 16.2 Å². The van der Waals surface area contributed by atoms with Crippen LogP contribution in [0, 0.1) is 0 Å². The minimum Gasteiger partial charge on any atom is -0.305 e. The van der Waals surface area contributed by atoms with Crippen LogP contribution in [0.3, 0.4) is 0 Å². The van der Waals surface area contributed by atoms with Crippen molar-refractivity contribution in [1.29, 1.82) is 0 Å². The fourth-order valence-electron chi connectivity index (χ4n) is 4.43. The minimum atomic E-state index is -0.398. The van der Waals surface area contributed by atoms with Gasteiger partial charge in [0.05, 0.1) is 33.4 Å². The normalized spacial score (nSPS) is 13.5. The summed E-state index contributed by atoms with van der Waals surface area (Å²) in [6.07, 6.45) is 0. The van der Waals surface area contributed by atoms with E-state index in [2.05, 4.69) is 0 Å². The molecule has 0 N–H and O–H groups in total. The van der Waals surface area contributed by atoms with Crippen molar-refractivity contribution >= 4 is 45.7 Å². The standard InChI is InChI=1S/C25H13ClN2O3/c26-15-11-9-14(10-12-15)17-13-20(29)18-7-4-8-19-21-22(23(17)28(18)19)25(31)27(24(21)30)16-5-2-1-3-6-16/h1-13H. The summed E-state index contributed by atoms with van der Waals surface area (Å²) in [5.41, 5.74) is 3.82. The fraction of sp³-hybridized carbons (Fsp3) is 0. The van der Waals surface area contributed by atoms with Crippen molar-refractivity contribution in [3.05, 3.63) is 105 Å². The van der Waals surface area contributed by atoms with Gasteiger partial charge in [0.2, 0.25) is 5.43 Å². The number of pyridine rings is 2. The molecule has 4 heterocycles. The van der Waals surface area contributed by atoms with Gasteiger partial charge in [-0.15, -0.1) is 0 Å². The van der Waals surface area contributed by atoms with Crippen molar-refractivity contribution in [2.24, 2.45) is 0 Å². The van der Waals surface area contributed by atoms with E-state index in [0.717, 1.165) is 5.56 Å². The van der Waals surface area contributed by atoms with Crippen LogP contribution in [-0.2, 0) is 0 Å². The molecule has 3 aromatic heterocycles. The molecule has 0 bridgehead atoms. The molecule has 1 aliphatic heterocycles. The van der Waals surface area contributed by atoms with E-state index in [4.69, 9.17) is 11.6 Å². The fourth-order valence-corrected chi connectivity index (χ4v) is 4.55. The average Bonchev–Trinajstić information content (AvgIpc) is 3.26. The van der Waals surface area contributed by atoms with Crippen molar-refractivity contribution in [3.63, 3.8) is 0 Å². The van der Waals surface area contributed by atoms with Crippen molar-refractivity contribution in [2.75, 3.05) is 4.90 Å². The maximum Gasteiger partial charge on any atom is 0.268 e. The molecular weight excluding hydrogens is 412 g/mol. The summed E-state index contributed by atoms with van der Waals surface area (Å²) in [6, 6.07) is 22.7. The summed E-state index contributed by atoms with van der Waals surface area (Å²) < 4.78 is 1.73. The van der Waals surface area contributed by atoms with Gasteiger partial charge in [-0.1, -0.05) is 48.0 Å². The number of para-hydroxylation sites is 1. The molecule has 2 aromatic carbocycles. The van der Waals surface area contributed by atoms with Gasteiger partial charge in [0.15, 0.2) is 0 Å². The molecule has 31 heavy (non-hydrogen) atoms. The second-order valence-corrected chi connectivity index (χ2v) is 7.88. The first-order valence-corrected chi connectivity index (χ1v) is 10.1. The van der Waals surface area contributed by atoms with Crippen LogP contribution in [0.5, 0.6) is 0 Å². The SMILES string of the molecule is O=C1c2c(c3c(-c4ccc(Cl)cc4)cc(=O)c4cccc2n34)C(=O)N1c1ccccc1. The quantitative estimate of drug-likeness (QED) is 0.374. The Morgan fingerprint density at radius 2 is 1.35 bits per heavy atom. The van der Waals surface area contributed by atoms with Gasteiger partial charge in [-0.3, -0.25) is 14.4 Å². The van der Waals surface area contributed by atoms with E-state index < -0.39 is 11.8 Å². The highest BCUT2D eigenvalue weighted by molar-refractivity contribution is 6.39. The summed E-state index contributed by atoms with van der Waals surface area (Å²) >= 11 is 6.05. The van der Waals surface area contributed by atoms with Crippen molar-refractivity contribution in [1.82, 2.24) is 4.40 Å². The molecule has 0 unspecified atom stereocenters. The predicted octanol–water partition coefficient (Wildman–Crippen LogP) is 5.01. The molecule has 1 aliphatic rings. The van der Waals surface area contributed by atoms with E-state index in [1.165, 1.54) is 11.0 Å². The summed E-state index contributed by atoms with van der Waals surface area (Å²) in [6.45, 7) is 0. The predicted molar refractivity (Wildman–Crippen MR) is 120 cm³/mol. The lowest BCUT2D eigenvalue weighted by Gasteiger charge is -2.16. The van der Waals surface area contributed by atoms with Crippen molar-refractivity contribution in [3.8, 4) is 11.1 Å². The van der Waals surface area contributed by atoms with Gasteiger partial charge in [-0.25, -0.2) is 4.90 Å². The molecule has 5 aromatic rings. The number of carbonyl (C=O) groups excluding carboxylic acids is 2. The number of aromatic nitrogens is 1. The molecule has 5 nitrogen and oxygen atoms in total. The molecule has 0 fully saturated rings. The molecule has 0 saturated heterocycles. The monoisotopic (exact) mass is 424 g/mol. The van der Waals surface area contributed by atoms with Gasteiger partial charge in [-0.05, 0) is 48.0 Å². The topological polar surface area (TPSA) is 58.9 Å². The smallest absolute Gasteiger partial charge is 0.268 e. The molecule has 148 valence electrons. The number of amides is 2. The molecular formula is C25H13ClN2O3. The largest absolute Gasteiger partial charge is 0.305 e. The maximum atomic E-state index is 13.6. The molecule has 0 atom stereocenters. The number of halogens is 1. The van der Waals surface area contributed by atoms with Crippen LogP contribution in [0.25, 0.3) is 27.7 Å². The third-order valence-electron chi connectivity index (χ3n) is 5.74. The second-order valence-electron chi connectivity index (χ2n) is 7.44. The van der Waals surface area contributed by atoms with Gasteiger partial charge in [-0.2, -0.15) is 0 Å². The highest BCUT2D eigenvalue weighted by atomic mass is 35.5. The van der Waals surface area contributed by atoms with E-state index >= 15 is 0 Å². The highest BCUT2D eigenvalue weighted by Crippen LogP contribution is 2.40. The molecule has 6 rings (SSSR count). The molecule has 6 heteroatoms. The number of benzene rings is 2. The Bertz CT molecular complexity index is 1590. The van der Waals surface area contributed by atoms with Crippen molar-refractivity contribution in [2.45, 2.75) is 0 Å². The van der Waals surface area contributed by atoms with E-state index in [1.807, 2.05) is 6.07 Å². The number of carbonyl (C=O) groups is 2. The Morgan fingerprint density at radius 3 is 2.10 bits per heavy atom. The maximum absolute atomic E-state index is 13.6. The van der Waals surface area contributed by atoms with Crippen LogP contribution in [0.1, 0.15) is 20.7 Å². The van der Waals surface area contributed by atoms with Crippen LogP contribution < -0.4 is 10.3 Å². The minimum absolute atomic E-state index is 0.184. The van der Waals surface area contributed by atoms with Crippen LogP contribution in [0.2, 0.25) is 5.02 Å². The zero-order valence-corrected chi connectivity index (χ0v) is 16.8. The average molecular weight is 425 g/mol. The lowest BCUT2D eigenvalue weighted by molar-refractivity contribution is 0.0926. The van der Waals surface area contributed by atoms with Gasteiger partial charge in [0.1, 0.15) is 0 Å². The third kappa shape index (κ3) is 2.35. The molecule has 0 spiro atoms. The molecule has 0 aliphatic carbocycles. The van der Waals surface area contributed by atoms with Crippen LogP contribution in [0.4, 0.5) is 5.69 Å². The Labute approximate surface area is 181 Å². The first-order valence-electron chi connectivity index (χ1n) is 9.70. The van der Waals surface area contributed by atoms with E-state index in [9.17, 15) is 14.4 Å². The number of fused-ring (bicyclic) bond motifs is 3. The second kappa shape index (κ2) is 6.27. The lowest BCUT2D eigenvalue weighted by atomic mass is 10.0. The highest BCUT2D eigenvalue weighted by Gasteiger charge is 2.42. The van der Waals surface area contributed by atoms with Gasteiger partial charge in [0, 0.05) is 10.6 Å². The number of hydrogen-bond acceptors (Lipinski definition) is 3. The van der Waals surface area contributed by atoms with Crippen LogP contribution in [0.15, 0.2) is 83.7 Å². The van der Waals surface area contributed by atoms with Crippen LogP contribution >= 0.6 is 11.6 Å². The van der Waals surface area contributed by atoms with E-state index in [1.54, 1.807) is 71.1 Å². The Hall–Kier alpha value is -3.96. The zero-order valence-electron chi connectivity index (χ0n) is 16.0. The van der Waals surface area contributed by atoms with Gasteiger partial charge in [0.25, 0.3) is 11.8 Å². The summed E-state index contributed by atoms with van der Waals surface area (Å²) in [7, 11) is 0. The molecule has 0 saturated carbocycles. The molecule has 0 radical (unpaired) electrons. The Balaban J connectivity index is 1.74. The third-order valence-corrected chi connectivity index (χ3v) is 6.00. The zero-order chi connectivity index (χ0) is 21.3. The number of anilines is 1. The number of rotatable bonds is 2. The van der Waals surface area contributed by atoms with E-state index in [0.29, 0.717) is 44.0 Å². The van der Waals surface area contributed by atoms with Crippen molar-refractivity contribution < 1.29 is 9.59 Å². The van der Waals surface area contributed by atoms with Gasteiger partial charge < -0.3 is 4.40 Å². The van der Waals surface area contributed by atoms with Gasteiger partial charge >= 0.3 is 0 Å². The first kappa shape index (κ1) is 17.9. The number of imide groups is 1. The Kier molecular flexibility index (Phi) is 3.61. The van der Waals surface area contributed by atoms with E-state index in [-0.39, 0.29) is 5.43 Å². The number of hydrogen-bond donors (Lipinski definition) is 0. The summed E-state index contributed by atoms with van der Waals surface area (Å²) in [5, 5.41) is 0.568. The summed E-state index contributed by atoms with van der Waals surface area (Å²) in [5.74, 6) is -0.790. The Morgan fingerprint density at radius 1 is 0.677 bits per heavy atom. The molecule has 2 amide bonds. The summed E-state index contributed by atoms with van der Waals surface area (Å²) in [4.78, 5) is 41.1. The lowest BCUT2D eigenvalue weighted by Crippen LogP contribution is -2.30. The number of nitrogens with zero attached hydrogens (tertiary/aromatic N) is 2. The first-order chi connectivity index (χ1) is 15.1.